The van der Waals surface area contributed by atoms with Crippen molar-refractivity contribution in [3.05, 3.63) is 50.6 Å². The lowest BCUT2D eigenvalue weighted by molar-refractivity contribution is -0.0535. The van der Waals surface area contributed by atoms with E-state index in [2.05, 4.69) is 26.3 Å². The van der Waals surface area contributed by atoms with Gasteiger partial charge in [-0.25, -0.2) is 0 Å². The molecule has 0 aromatic carbocycles. The van der Waals surface area contributed by atoms with Crippen LogP contribution in [0.4, 0.5) is 0 Å². The lowest BCUT2D eigenvalue weighted by Crippen LogP contribution is -2.34. The molecule has 0 aliphatic heterocycles. The summed E-state index contributed by atoms with van der Waals surface area (Å²) >= 11 is 0. The lowest BCUT2D eigenvalue weighted by Gasteiger charge is -2.24. The molecule has 0 aromatic heterocycles. The van der Waals surface area contributed by atoms with Gasteiger partial charge in [0, 0.05) is 0 Å². The van der Waals surface area contributed by atoms with E-state index in [9.17, 15) is 10.2 Å². The predicted octanol–water partition coefficient (Wildman–Crippen LogP) is 1.21. The highest BCUT2D eigenvalue weighted by molar-refractivity contribution is 5.00. The predicted molar refractivity (Wildman–Crippen MR) is 61.5 cm³/mol. The SMILES string of the molecule is C=CC(O)C(C=C)OC(C=C)C(O)C=C. The Bertz CT molecular complexity index is 211. The van der Waals surface area contributed by atoms with Gasteiger partial charge in [-0.3, -0.25) is 0 Å². The van der Waals surface area contributed by atoms with E-state index in [4.69, 9.17) is 4.74 Å². The zero-order chi connectivity index (χ0) is 11.8. The Labute approximate surface area is 90.7 Å². The molecule has 2 N–H and O–H groups in total. The van der Waals surface area contributed by atoms with Crippen LogP contribution in [0, 0.1) is 0 Å². The van der Waals surface area contributed by atoms with Gasteiger partial charge in [0.1, 0.15) is 24.4 Å². The van der Waals surface area contributed by atoms with Gasteiger partial charge in [0.25, 0.3) is 0 Å². The maximum atomic E-state index is 9.46. The molecule has 4 atom stereocenters. The topological polar surface area (TPSA) is 49.7 Å². The first kappa shape index (κ1) is 13.8. The van der Waals surface area contributed by atoms with Crippen LogP contribution in [0.2, 0.25) is 0 Å². The fourth-order valence-electron chi connectivity index (χ4n) is 1.00. The molecular weight excluding hydrogens is 192 g/mol. The molecule has 4 unspecified atom stereocenters. The van der Waals surface area contributed by atoms with Crippen LogP contribution in [0.25, 0.3) is 0 Å². The van der Waals surface area contributed by atoms with Crippen LogP contribution in [0.5, 0.6) is 0 Å². The van der Waals surface area contributed by atoms with E-state index in [1.54, 1.807) is 0 Å². The third-order valence-corrected chi connectivity index (χ3v) is 1.94. The van der Waals surface area contributed by atoms with Crippen molar-refractivity contribution < 1.29 is 14.9 Å². The molecule has 0 spiro atoms. The summed E-state index contributed by atoms with van der Waals surface area (Å²) in [5.41, 5.74) is 0. The molecule has 0 aromatic rings. The summed E-state index contributed by atoms with van der Waals surface area (Å²) < 4.78 is 5.38. The summed E-state index contributed by atoms with van der Waals surface area (Å²) in [6.07, 6.45) is 2.60. The van der Waals surface area contributed by atoms with Gasteiger partial charge in [0.15, 0.2) is 0 Å². The van der Waals surface area contributed by atoms with E-state index in [1.807, 2.05) is 0 Å². The van der Waals surface area contributed by atoms with Crippen molar-refractivity contribution in [3.8, 4) is 0 Å². The molecule has 0 rings (SSSR count). The molecule has 0 radical (unpaired) electrons. The zero-order valence-electron chi connectivity index (χ0n) is 8.75. The van der Waals surface area contributed by atoms with Crippen molar-refractivity contribution in [3.63, 3.8) is 0 Å². The van der Waals surface area contributed by atoms with Crippen molar-refractivity contribution in [2.75, 3.05) is 0 Å². The Kier molecular flexibility index (Phi) is 6.62. The summed E-state index contributed by atoms with van der Waals surface area (Å²) in [6.45, 7) is 13.9. The smallest absolute Gasteiger partial charge is 0.106 e. The van der Waals surface area contributed by atoms with E-state index in [0.717, 1.165) is 0 Å². The molecule has 0 bridgehead atoms. The minimum Gasteiger partial charge on any atom is -0.386 e. The average Bonchev–Trinajstić information content (AvgIpc) is 2.28. The quantitative estimate of drug-likeness (QED) is 0.592. The van der Waals surface area contributed by atoms with Crippen LogP contribution in [0.1, 0.15) is 0 Å². The molecule has 84 valence electrons. The van der Waals surface area contributed by atoms with Gasteiger partial charge >= 0.3 is 0 Å². The van der Waals surface area contributed by atoms with Crippen molar-refractivity contribution >= 4 is 0 Å². The highest BCUT2D eigenvalue weighted by atomic mass is 16.5. The normalized spacial score (nSPS) is 18.3. The fraction of sp³-hybridized carbons (Fsp3) is 0.333. The van der Waals surface area contributed by atoms with E-state index < -0.39 is 24.4 Å². The number of ether oxygens (including phenoxy) is 1. The van der Waals surface area contributed by atoms with Gasteiger partial charge in [-0.2, -0.15) is 0 Å². The van der Waals surface area contributed by atoms with Crippen LogP contribution in [0.3, 0.4) is 0 Å². The summed E-state index contributed by atoms with van der Waals surface area (Å²) in [6, 6.07) is 0. The first-order valence-electron chi connectivity index (χ1n) is 4.62. The molecule has 15 heavy (non-hydrogen) atoms. The summed E-state index contributed by atoms with van der Waals surface area (Å²) in [5.74, 6) is 0. The Morgan fingerprint density at radius 2 is 1.07 bits per heavy atom. The number of aliphatic hydroxyl groups excluding tert-OH is 2. The molecular formula is C12H18O3. The lowest BCUT2D eigenvalue weighted by atomic mass is 10.1. The molecule has 0 fully saturated rings. The van der Waals surface area contributed by atoms with Crippen LogP contribution >= 0.6 is 0 Å². The minimum atomic E-state index is -0.859. The first-order valence-corrected chi connectivity index (χ1v) is 4.62. The Hall–Kier alpha value is -1.16. The molecule has 0 heterocycles. The Morgan fingerprint density at radius 1 is 0.733 bits per heavy atom. The molecule has 0 aliphatic rings. The van der Waals surface area contributed by atoms with Crippen molar-refractivity contribution in [1.82, 2.24) is 0 Å². The van der Waals surface area contributed by atoms with Gasteiger partial charge in [0.2, 0.25) is 0 Å². The monoisotopic (exact) mass is 210 g/mol. The minimum absolute atomic E-state index is 0.625. The maximum Gasteiger partial charge on any atom is 0.106 e. The largest absolute Gasteiger partial charge is 0.386 e. The fourth-order valence-corrected chi connectivity index (χ4v) is 1.00. The first-order chi connectivity index (χ1) is 7.10. The van der Waals surface area contributed by atoms with Crippen molar-refractivity contribution in [2.24, 2.45) is 0 Å². The average molecular weight is 210 g/mol. The van der Waals surface area contributed by atoms with Crippen LogP contribution < -0.4 is 0 Å². The molecule has 0 amide bonds. The van der Waals surface area contributed by atoms with Crippen molar-refractivity contribution in [2.45, 2.75) is 24.4 Å². The second kappa shape index (κ2) is 7.17. The van der Waals surface area contributed by atoms with Gasteiger partial charge in [-0.15, -0.1) is 26.3 Å². The van der Waals surface area contributed by atoms with Gasteiger partial charge in [0.05, 0.1) is 0 Å². The van der Waals surface area contributed by atoms with E-state index in [0.29, 0.717) is 0 Å². The van der Waals surface area contributed by atoms with Crippen LogP contribution in [-0.2, 0) is 4.74 Å². The summed E-state index contributed by atoms with van der Waals surface area (Å²) in [5, 5.41) is 18.9. The summed E-state index contributed by atoms with van der Waals surface area (Å²) in [4.78, 5) is 0. The summed E-state index contributed by atoms with van der Waals surface area (Å²) in [7, 11) is 0. The highest BCUT2D eigenvalue weighted by Crippen LogP contribution is 2.10. The Balaban J connectivity index is 4.48. The molecule has 0 aliphatic carbocycles. The van der Waals surface area contributed by atoms with Crippen molar-refractivity contribution in [1.29, 1.82) is 0 Å². The van der Waals surface area contributed by atoms with Gasteiger partial charge in [-0.1, -0.05) is 24.3 Å². The standard InChI is InChI=1S/C12H18O3/c1-5-9(13)11(7-3)15-12(8-4)10(14)6-2/h5-14H,1-4H2. The highest BCUT2D eigenvalue weighted by Gasteiger charge is 2.21. The van der Waals surface area contributed by atoms with E-state index >= 15 is 0 Å². The zero-order valence-corrected chi connectivity index (χ0v) is 8.75. The third-order valence-electron chi connectivity index (χ3n) is 1.94. The molecule has 0 saturated heterocycles. The van der Waals surface area contributed by atoms with E-state index in [1.165, 1.54) is 24.3 Å². The number of hydrogen-bond donors (Lipinski definition) is 2. The second-order valence-electron chi connectivity index (χ2n) is 2.99. The molecule has 0 saturated carbocycles. The number of hydrogen-bond acceptors (Lipinski definition) is 3. The second-order valence-corrected chi connectivity index (χ2v) is 2.99. The molecule has 3 heteroatoms. The van der Waals surface area contributed by atoms with Gasteiger partial charge in [-0.05, 0) is 0 Å². The van der Waals surface area contributed by atoms with E-state index in [-0.39, 0.29) is 0 Å². The van der Waals surface area contributed by atoms with Gasteiger partial charge < -0.3 is 14.9 Å². The third kappa shape index (κ3) is 4.25. The Morgan fingerprint density at radius 3 is 1.27 bits per heavy atom. The molecule has 3 nitrogen and oxygen atoms in total. The number of rotatable bonds is 8. The van der Waals surface area contributed by atoms with Crippen LogP contribution in [-0.4, -0.2) is 34.6 Å². The maximum absolute atomic E-state index is 9.46. The number of aliphatic hydroxyl groups is 2. The van der Waals surface area contributed by atoms with Crippen LogP contribution in [0.15, 0.2) is 50.6 Å².